The lowest BCUT2D eigenvalue weighted by Gasteiger charge is -2.11. The molecule has 2 rings (SSSR count). The van der Waals surface area contributed by atoms with E-state index in [4.69, 9.17) is 0 Å². The first-order chi connectivity index (χ1) is 9.69. The lowest BCUT2D eigenvalue weighted by molar-refractivity contribution is 0.492. The molecule has 0 saturated carbocycles. The molecule has 2 aromatic rings. The third-order valence-corrected chi connectivity index (χ3v) is 4.21. The molecule has 2 nitrogen and oxygen atoms in total. The minimum absolute atomic E-state index is 0.211. The van der Waals surface area contributed by atoms with Crippen LogP contribution in [0.2, 0.25) is 0 Å². The number of halogens is 1. The van der Waals surface area contributed by atoms with Crippen LogP contribution in [0, 0.1) is 5.82 Å². The van der Waals surface area contributed by atoms with Crippen molar-refractivity contribution >= 4 is 11.3 Å². The topological polar surface area (TPSA) is 24.9 Å². The summed E-state index contributed by atoms with van der Waals surface area (Å²) in [5.41, 5.74) is 2.03. The largest absolute Gasteiger partial charge is 0.309 e. The van der Waals surface area contributed by atoms with E-state index >= 15 is 0 Å². The number of benzene rings is 1. The Bertz CT molecular complexity index is 522. The van der Waals surface area contributed by atoms with Crippen molar-refractivity contribution in [1.29, 1.82) is 0 Å². The Morgan fingerprint density at radius 3 is 2.75 bits per heavy atom. The van der Waals surface area contributed by atoms with Crippen molar-refractivity contribution < 1.29 is 4.39 Å². The Morgan fingerprint density at radius 1 is 1.30 bits per heavy atom. The minimum atomic E-state index is -0.211. The summed E-state index contributed by atoms with van der Waals surface area (Å²) in [5, 5.41) is 6.51. The molecule has 0 aliphatic carbocycles. The van der Waals surface area contributed by atoms with Crippen molar-refractivity contribution in [2.45, 2.75) is 45.7 Å². The van der Waals surface area contributed by atoms with E-state index in [1.54, 1.807) is 23.5 Å². The highest BCUT2D eigenvalue weighted by atomic mass is 32.1. The van der Waals surface area contributed by atoms with Crippen molar-refractivity contribution in [3.05, 3.63) is 41.2 Å². The molecule has 0 spiro atoms. The van der Waals surface area contributed by atoms with E-state index in [1.807, 2.05) is 0 Å². The molecule has 1 aromatic carbocycles. The molecule has 1 aromatic heterocycles. The van der Waals surface area contributed by atoms with Gasteiger partial charge in [0, 0.05) is 23.5 Å². The summed E-state index contributed by atoms with van der Waals surface area (Å²) >= 11 is 1.60. The smallest absolute Gasteiger partial charge is 0.123 e. The van der Waals surface area contributed by atoms with Gasteiger partial charge in [0.1, 0.15) is 10.8 Å². The second-order valence-electron chi connectivity index (χ2n) is 5.08. The Balaban J connectivity index is 1.90. The van der Waals surface area contributed by atoms with E-state index < -0.39 is 0 Å². The van der Waals surface area contributed by atoms with Gasteiger partial charge < -0.3 is 5.32 Å². The predicted molar refractivity (Wildman–Crippen MR) is 83.3 cm³/mol. The standard InChI is InChI=1S/C16H21FN2S/c1-3-4-5-12(2)18-10-15-11-20-16(19-15)13-6-8-14(17)9-7-13/h6-9,11-12,18H,3-5,10H2,1-2H3. The number of rotatable bonds is 7. The monoisotopic (exact) mass is 292 g/mol. The van der Waals surface area contributed by atoms with Crippen molar-refractivity contribution in [2.75, 3.05) is 0 Å². The van der Waals surface area contributed by atoms with Crippen LogP contribution in [0.4, 0.5) is 4.39 Å². The van der Waals surface area contributed by atoms with Crippen molar-refractivity contribution in [1.82, 2.24) is 10.3 Å². The number of nitrogens with one attached hydrogen (secondary N) is 1. The Labute approximate surface area is 124 Å². The third kappa shape index (κ3) is 4.39. The van der Waals surface area contributed by atoms with Gasteiger partial charge in [-0.1, -0.05) is 19.8 Å². The maximum atomic E-state index is 12.9. The van der Waals surface area contributed by atoms with Crippen molar-refractivity contribution in [3.63, 3.8) is 0 Å². The van der Waals surface area contributed by atoms with Crippen LogP contribution in [0.1, 0.15) is 38.8 Å². The van der Waals surface area contributed by atoms with E-state index in [0.29, 0.717) is 6.04 Å². The minimum Gasteiger partial charge on any atom is -0.309 e. The molecule has 1 atom stereocenters. The summed E-state index contributed by atoms with van der Waals surface area (Å²) in [5.74, 6) is -0.211. The number of hydrogen-bond acceptors (Lipinski definition) is 3. The highest BCUT2D eigenvalue weighted by Crippen LogP contribution is 2.23. The molecule has 1 N–H and O–H groups in total. The molecular weight excluding hydrogens is 271 g/mol. The van der Waals surface area contributed by atoms with Crippen LogP contribution in [-0.4, -0.2) is 11.0 Å². The van der Waals surface area contributed by atoms with Gasteiger partial charge in [0.05, 0.1) is 5.69 Å². The first kappa shape index (κ1) is 15.1. The molecule has 108 valence electrons. The molecule has 20 heavy (non-hydrogen) atoms. The second kappa shape index (κ2) is 7.50. The summed E-state index contributed by atoms with van der Waals surface area (Å²) in [6, 6.07) is 7.01. The molecule has 0 fully saturated rings. The van der Waals surface area contributed by atoms with Crippen LogP contribution in [0.15, 0.2) is 29.6 Å². The molecule has 0 aliphatic rings. The van der Waals surface area contributed by atoms with Gasteiger partial charge in [-0.15, -0.1) is 11.3 Å². The van der Waals surface area contributed by atoms with Gasteiger partial charge in [0.15, 0.2) is 0 Å². The van der Waals surface area contributed by atoms with Crippen molar-refractivity contribution in [3.8, 4) is 10.6 Å². The predicted octanol–water partition coefficient (Wildman–Crippen LogP) is 4.62. The van der Waals surface area contributed by atoms with Crippen LogP contribution >= 0.6 is 11.3 Å². The lowest BCUT2D eigenvalue weighted by Crippen LogP contribution is -2.25. The molecule has 0 aliphatic heterocycles. The Kier molecular flexibility index (Phi) is 5.68. The third-order valence-electron chi connectivity index (χ3n) is 3.27. The van der Waals surface area contributed by atoms with E-state index in [9.17, 15) is 4.39 Å². The van der Waals surface area contributed by atoms with Crippen LogP contribution < -0.4 is 5.32 Å². The Hall–Kier alpha value is -1.26. The van der Waals surface area contributed by atoms with Gasteiger partial charge in [0.25, 0.3) is 0 Å². The summed E-state index contributed by atoms with van der Waals surface area (Å²) in [6.07, 6.45) is 3.69. The van der Waals surface area contributed by atoms with Crippen LogP contribution in [0.3, 0.4) is 0 Å². The number of unbranched alkanes of at least 4 members (excludes halogenated alkanes) is 1. The zero-order chi connectivity index (χ0) is 14.4. The second-order valence-corrected chi connectivity index (χ2v) is 5.93. The fraction of sp³-hybridized carbons (Fsp3) is 0.438. The highest BCUT2D eigenvalue weighted by Gasteiger charge is 2.06. The van der Waals surface area contributed by atoms with E-state index in [1.165, 1.54) is 31.4 Å². The van der Waals surface area contributed by atoms with Crippen LogP contribution in [0.5, 0.6) is 0 Å². The van der Waals surface area contributed by atoms with Crippen LogP contribution in [0.25, 0.3) is 10.6 Å². The average Bonchev–Trinajstić information content (AvgIpc) is 2.92. The normalized spacial score (nSPS) is 12.6. The maximum absolute atomic E-state index is 12.9. The summed E-state index contributed by atoms with van der Waals surface area (Å²) in [6.45, 7) is 5.22. The van der Waals surface area contributed by atoms with E-state index in [-0.39, 0.29) is 5.82 Å². The average molecular weight is 292 g/mol. The van der Waals surface area contributed by atoms with Gasteiger partial charge in [-0.05, 0) is 37.6 Å². The van der Waals surface area contributed by atoms with Gasteiger partial charge in [0.2, 0.25) is 0 Å². The molecular formula is C16H21FN2S. The zero-order valence-electron chi connectivity index (χ0n) is 12.0. The molecule has 4 heteroatoms. The quantitative estimate of drug-likeness (QED) is 0.805. The van der Waals surface area contributed by atoms with Gasteiger partial charge >= 0.3 is 0 Å². The number of hydrogen-bond donors (Lipinski definition) is 1. The fourth-order valence-electron chi connectivity index (χ4n) is 2.00. The molecule has 1 unspecified atom stereocenters. The Morgan fingerprint density at radius 2 is 2.05 bits per heavy atom. The van der Waals surface area contributed by atoms with Gasteiger partial charge in [-0.3, -0.25) is 0 Å². The van der Waals surface area contributed by atoms with E-state index in [2.05, 4.69) is 29.5 Å². The molecule has 0 radical (unpaired) electrons. The lowest BCUT2D eigenvalue weighted by atomic mass is 10.1. The summed E-state index contributed by atoms with van der Waals surface area (Å²) in [4.78, 5) is 4.60. The molecule has 0 bridgehead atoms. The summed E-state index contributed by atoms with van der Waals surface area (Å²) in [7, 11) is 0. The van der Waals surface area contributed by atoms with Crippen LogP contribution in [-0.2, 0) is 6.54 Å². The highest BCUT2D eigenvalue weighted by molar-refractivity contribution is 7.13. The molecule has 0 saturated heterocycles. The molecule has 1 heterocycles. The zero-order valence-corrected chi connectivity index (χ0v) is 12.8. The fourth-order valence-corrected chi connectivity index (χ4v) is 2.83. The van der Waals surface area contributed by atoms with Gasteiger partial charge in [-0.2, -0.15) is 0 Å². The molecule has 0 amide bonds. The number of nitrogens with zero attached hydrogens (tertiary/aromatic N) is 1. The van der Waals surface area contributed by atoms with Crippen molar-refractivity contribution in [2.24, 2.45) is 0 Å². The summed E-state index contributed by atoms with van der Waals surface area (Å²) < 4.78 is 12.9. The SMILES string of the molecule is CCCCC(C)NCc1csc(-c2ccc(F)cc2)n1. The van der Waals surface area contributed by atoms with Gasteiger partial charge in [-0.25, -0.2) is 9.37 Å². The van der Waals surface area contributed by atoms with E-state index in [0.717, 1.165) is 22.8 Å². The first-order valence-corrected chi connectivity index (χ1v) is 8.00. The number of aromatic nitrogens is 1. The number of thiazole rings is 1. The first-order valence-electron chi connectivity index (χ1n) is 7.12. The maximum Gasteiger partial charge on any atom is 0.123 e.